The Balaban J connectivity index is 2.21. The van der Waals surface area contributed by atoms with Crippen LogP contribution in [0.25, 0.3) is 0 Å². The number of hydrogen-bond donors (Lipinski definition) is 1. The Hall–Kier alpha value is -2.55. The Kier molecular flexibility index (Phi) is 5.37. The molecule has 0 amide bonds. The molecule has 1 N–H and O–H groups in total. The largest absolute Gasteiger partial charge is 0.489 e. The molecule has 0 saturated carbocycles. The lowest BCUT2D eigenvalue weighted by molar-refractivity contribution is 0.0696. The fraction of sp³-hybridized carbons (Fsp3) is 0.211. The first-order chi connectivity index (χ1) is 10.6. The van der Waals surface area contributed by atoms with E-state index in [1.165, 1.54) is 5.57 Å². The highest BCUT2D eigenvalue weighted by atomic mass is 16.5. The van der Waals surface area contributed by atoms with E-state index in [1.807, 2.05) is 44.2 Å². The number of allylic oxidation sites excluding steroid dienone is 2. The van der Waals surface area contributed by atoms with Crippen LogP contribution in [0.1, 0.15) is 35.3 Å². The third kappa shape index (κ3) is 4.48. The van der Waals surface area contributed by atoms with Crippen LogP contribution in [0.15, 0.2) is 60.2 Å². The van der Waals surface area contributed by atoms with Gasteiger partial charge in [-0.3, -0.25) is 0 Å². The van der Waals surface area contributed by atoms with Crippen molar-refractivity contribution in [3.63, 3.8) is 0 Å². The van der Waals surface area contributed by atoms with Crippen molar-refractivity contribution in [1.82, 2.24) is 0 Å². The number of carboxylic acids is 1. The summed E-state index contributed by atoms with van der Waals surface area (Å²) in [6.07, 6.45) is 2.73. The van der Waals surface area contributed by atoms with Gasteiger partial charge in [0.05, 0.1) is 5.56 Å². The average molecular weight is 296 g/mol. The van der Waals surface area contributed by atoms with E-state index in [-0.39, 0.29) is 5.56 Å². The van der Waals surface area contributed by atoms with Crippen molar-refractivity contribution in [2.45, 2.75) is 26.9 Å². The van der Waals surface area contributed by atoms with Gasteiger partial charge in [0.25, 0.3) is 0 Å². The zero-order valence-electron chi connectivity index (χ0n) is 12.9. The SMILES string of the molecule is CC(C)=CCc1cc(C(=O)O)ccc1OCc1ccccc1. The zero-order chi connectivity index (χ0) is 15.9. The molecule has 114 valence electrons. The summed E-state index contributed by atoms with van der Waals surface area (Å²) in [6, 6.07) is 14.9. The number of carboxylic acid groups (broad SMARTS) is 1. The molecule has 3 heteroatoms. The first kappa shape index (κ1) is 15.8. The van der Waals surface area contributed by atoms with Gasteiger partial charge in [0.15, 0.2) is 0 Å². The van der Waals surface area contributed by atoms with Crippen molar-refractivity contribution in [3.8, 4) is 5.75 Å². The maximum Gasteiger partial charge on any atom is 0.335 e. The van der Waals surface area contributed by atoms with Gasteiger partial charge in [0.1, 0.15) is 12.4 Å². The minimum Gasteiger partial charge on any atom is -0.489 e. The molecule has 0 aliphatic heterocycles. The van der Waals surface area contributed by atoms with Gasteiger partial charge >= 0.3 is 5.97 Å². The van der Waals surface area contributed by atoms with E-state index in [4.69, 9.17) is 9.84 Å². The van der Waals surface area contributed by atoms with Crippen LogP contribution in [0.2, 0.25) is 0 Å². The first-order valence-corrected chi connectivity index (χ1v) is 7.22. The lowest BCUT2D eigenvalue weighted by Gasteiger charge is -2.12. The van der Waals surface area contributed by atoms with Gasteiger partial charge in [-0.05, 0) is 49.6 Å². The molecule has 0 saturated heterocycles. The summed E-state index contributed by atoms with van der Waals surface area (Å²) in [4.78, 5) is 11.1. The number of rotatable bonds is 6. The zero-order valence-corrected chi connectivity index (χ0v) is 12.9. The molecular weight excluding hydrogens is 276 g/mol. The van der Waals surface area contributed by atoms with Gasteiger partial charge in [0, 0.05) is 0 Å². The van der Waals surface area contributed by atoms with Crippen LogP contribution >= 0.6 is 0 Å². The van der Waals surface area contributed by atoms with E-state index in [0.717, 1.165) is 16.9 Å². The van der Waals surface area contributed by atoms with Crippen LogP contribution in [0.5, 0.6) is 5.75 Å². The summed E-state index contributed by atoms with van der Waals surface area (Å²) in [6.45, 7) is 4.51. The number of carbonyl (C=O) groups is 1. The van der Waals surface area contributed by atoms with Crippen LogP contribution in [-0.2, 0) is 13.0 Å². The molecule has 0 aromatic heterocycles. The molecule has 0 unspecified atom stereocenters. The van der Waals surface area contributed by atoms with Crippen molar-refractivity contribution in [2.24, 2.45) is 0 Å². The average Bonchev–Trinajstić information content (AvgIpc) is 2.52. The maximum absolute atomic E-state index is 11.1. The highest BCUT2D eigenvalue weighted by molar-refractivity contribution is 5.88. The standard InChI is InChI=1S/C19H20O3/c1-14(2)8-9-16-12-17(19(20)21)10-11-18(16)22-13-15-6-4-3-5-7-15/h3-8,10-12H,9,13H2,1-2H3,(H,20,21). The molecule has 0 spiro atoms. The summed E-state index contributed by atoms with van der Waals surface area (Å²) >= 11 is 0. The summed E-state index contributed by atoms with van der Waals surface area (Å²) in [5.41, 5.74) is 3.44. The molecule has 22 heavy (non-hydrogen) atoms. The van der Waals surface area contributed by atoms with Crippen LogP contribution in [0, 0.1) is 0 Å². The van der Waals surface area contributed by atoms with E-state index in [1.54, 1.807) is 18.2 Å². The Morgan fingerprint density at radius 2 is 1.86 bits per heavy atom. The highest BCUT2D eigenvalue weighted by Crippen LogP contribution is 2.23. The van der Waals surface area contributed by atoms with Gasteiger partial charge in [-0.15, -0.1) is 0 Å². The Bertz CT molecular complexity index is 668. The number of ether oxygens (including phenoxy) is 1. The van der Waals surface area contributed by atoms with Crippen LogP contribution in [0.4, 0.5) is 0 Å². The molecule has 0 bridgehead atoms. The Morgan fingerprint density at radius 3 is 2.50 bits per heavy atom. The second-order valence-electron chi connectivity index (χ2n) is 5.39. The number of benzene rings is 2. The molecule has 2 rings (SSSR count). The molecule has 3 nitrogen and oxygen atoms in total. The molecule has 0 atom stereocenters. The minimum atomic E-state index is -0.923. The van der Waals surface area contributed by atoms with Crippen LogP contribution in [-0.4, -0.2) is 11.1 Å². The van der Waals surface area contributed by atoms with E-state index in [9.17, 15) is 4.79 Å². The molecule has 0 heterocycles. The lowest BCUT2D eigenvalue weighted by atomic mass is 10.1. The fourth-order valence-corrected chi connectivity index (χ4v) is 2.06. The van der Waals surface area contributed by atoms with Gasteiger partial charge in [-0.1, -0.05) is 42.0 Å². The Labute approximate surface area is 130 Å². The smallest absolute Gasteiger partial charge is 0.335 e. The second-order valence-corrected chi connectivity index (χ2v) is 5.39. The predicted molar refractivity (Wildman–Crippen MR) is 87.3 cm³/mol. The van der Waals surface area contributed by atoms with E-state index >= 15 is 0 Å². The molecule has 2 aromatic rings. The van der Waals surface area contributed by atoms with Crippen molar-refractivity contribution >= 4 is 5.97 Å². The summed E-state index contributed by atoms with van der Waals surface area (Å²) in [7, 11) is 0. The van der Waals surface area contributed by atoms with Crippen LogP contribution in [0.3, 0.4) is 0 Å². The second kappa shape index (κ2) is 7.46. The minimum absolute atomic E-state index is 0.282. The van der Waals surface area contributed by atoms with Gasteiger partial charge < -0.3 is 9.84 Å². The lowest BCUT2D eigenvalue weighted by Crippen LogP contribution is -2.02. The van der Waals surface area contributed by atoms with Crippen molar-refractivity contribution in [1.29, 1.82) is 0 Å². The molecule has 0 fully saturated rings. The highest BCUT2D eigenvalue weighted by Gasteiger charge is 2.09. The first-order valence-electron chi connectivity index (χ1n) is 7.22. The van der Waals surface area contributed by atoms with Crippen molar-refractivity contribution in [3.05, 3.63) is 76.9 Å². The molecule has 0 aliphatic carbocycles. The molecule has 0 radical (unpaired) electrons. The van der Waals surface area contributed by atoms with E-state index in [0.29, 0.717) is 13.0 Å². The van der Waals surface area contributed by atoms with Gasteiger partial charge in [-0.2, -0.15) is 0 Å². The third-order valence-electron chi connectivity index (χ3n) is 3.27. The van der Waals surface area contributed by atoms with E-state index in [2.05, 4.69) is 6.08 Å². The molecule has 0 aliphatic rings. The van der Waals surface area contributed by atoms with E-state index < -0.39 is 5.97 Å². The number of hydrogen-bond acceptors (Lipinski definition) is 2. The predicted octanol–water partition coefficient (Wildman–Crippen LogP) is 4.47. The van der Waals surface area contributed by atoms with Gasteiger partial charge in [0.2, 0.25) is 0 Å². The molecular formula is C19H20O3. The van der Waals surface area contributed by atoms with Gasteiger partial charge in [-0.25, -0.2) is 4.79 Å². The summed E-state index contributed by atoms with van der Waals surface area (Å²) in [5, 5.41) is 9.13. The molecule has 2 aromatic carbocycles. The normalized spacial score (nSPS) is 10.1. The maximum atomic E-state index is 11.1. The topological polar surface area (TPSA) is 46.5 Å². The summed E-state index contributed by atoms with van der Waals surface area (Å²) < 4.78 is 5.87. The quantitative estimate of drug-likeness (QED) is 0.800. The summed E-state index contributed by atoms with van der Waals surface area (Å²) in [5.74, 6) is -0.195. The monoisotopic (exact) mass is 296 g/mol. The fourth-order valence-electron chi connectivity index (χ4n) is 2.06. The Morgan fingerprint density at radius 1 is 1.14 bits per heavy atom. The van der Waals surface area contributed by atoms with Crippen molar-refractivity contribution in [2.75, 3.05) is 0 Å². The van der Waals surface area contributed by atoms with Crippen LogP contribution < -0.4 is 4.74 Å². The van der Waals surface area contributed by atoms with Crippen molar-refractivity contribution < 1.29 is 14.6 Å². The number of aromatic carboxylic acids is 1. The third-order valence-corrected chi connectivity index (χ3v) is 3.27.